The van der Waals surface area contributed by atoms with E-state index in [9.17, 15) is 22.8 Å². The first-order valence-corrected chi connectivity index (χ1v) is 11.0. The lowest BCUT2D eigenvalue weighted by molar-refractivity contribution is -0.142. The minimum Gasteiger partial charge on any atom is -0.497 e. The van der Waals surface area contributed by atoms with Crippen LogP contribution >= 0.6 is 0 Å². The number of carbonyl (C=O) groups is 2. The summed E-state index contributed by atoms with van der Waals surface area (Å²) in [6.45, 7) is 0.914. The molecule has 186 valence electrons. The molecule has 2 amide bonds. The monoisotopic (exact) mass is 499 g/mol. The number of halogens is 3. The number of hydrogen-bond donors (Lipinski definition) is 0. The van der Waals surface area contributed by atoms with Crippen LogP contribution in [0.5, 0.6) is 5.75 Å². The van der Waals surface area contributed by atoms with Gasteiger partial charge in [-0.25, -0.2) is 9.50 Å². The van der Waals surface area contributed by atoms with E-state index >= 15 is 0 Å². The van der Waals surface area contributed by atoms with E-state index < -0.39 is 17.8 Å². The van der Waals surface area contributed by atoms with Crippen molar-refractivity contribution in [3.63, 3.8) is 0 Å². The zero-order valence-corrected chi connectivity index (χ0v) is 19.0. The van der Waals surface area contributed by atoms with E-state index in [2.05, 4.69) is 10.1 Å². The zero-order chi connectivity index (χ0) is 25.4. The lowest BCUT2D eigenvalue weighted by Crippen LogP contribution is -2.50. The normalized spacial score (nSPS) is 14.3. The predicted octanol–water partition coefficient (Wildman–Crippen LogP) is 3.61. The molecule has 0 bridgehead atoms. The summed E-state index contributed by atoms with van der Waals surface area (Å²) in [5.41, 5.74) is -0.844. The summed E-state index contributed by atoms with van der Waals surface area (Å²) in [6, 6.07) is 11.8. The number of benzene rings is 1. The summed E-state index contributed by atoms with van der Waals surface area (Å²) in [5, 5.41) is 3.94. The van der Waals surface area contributed by atoms with Crippen molar-refractivity contribution in [1.29, 1.82) is 0 Å². The molecule has 0 radical (unpaired) electrons. The van der Waals surface area contributed by atoms with Gasteiger partial charge < -0.3 is 19.0 Å². The van der Waals surface area contributed by atoms with E-state index in [0.717, 1.165) is 6.07 Å². The lowest BCUT2D eigenvalue weighted by atomic mass is 10.1. The molecule has 1 aliphatic rings. The van der Waals surface area contributed by atoms with Crippen LogP contribution in [0, 0.1) is 0 Å². The van der Waals surface area contributed by atoms with Gasteiger partial charge >= 0.3 is 6.18 Å². The van der Waals surface area contributed by atoms with E-state index in [1.807, 2.05) is 0 Å². The summed E-state index contributed by atoms with van der Waals surface area (Å²) < 4.78 is 52.6. The van der Waals surface area contributed by atoms with Crippen LogP contribution in [0.25, 0.3) is 16.9 Å². The van der Waals surface area contributed by atoms with E-state index in [4.69, 9.17) is 9.15 Å². The van der Waals surface area contributed by atoms with Gasteiger partial charge in [0, 0.05) is 37.8 Å². The van der Waals surface area contributed by atoms with Crippen LogP contribution in [0.4, 0.5) is 13.2 Å². The second kappa shape index (κ2) is 9.02. The number of hydrogen-bond acceptors (Lipinski definition) is 6. The molecule has 0 aliphatic carbocycles. The Labute approximate surface area is 202 Å². The van der Waals surface area contributed by atoms with Gasteiger partial charge in [0.2, 0.25) is 0 Å². The highest BCUT2D eigenvalue weighted by molar-refractivity contribution is 5.94. The first kappa shape index (κ1) is 23.4. The molecule has 0 spiro atoms. The second-order valence-electron chi connectivity index (χ2n) is 8.12. The quantitative estimate of drug-likeness (QED) is 0.426. The molecule has 0 saturated carbocycles. The number of alkyl halides is 3. The molecular formula is C24H20F3N5O4. The molecule has 0 atom stereocenters. The van der Waals surface area contributed by atoms with Gasteiger partial charge in [0.25, 0.3) is 11.8 Å². The third-order valence-electron chi connectivity index (χ3n) is 5.89. The van der Waals surface area contributed by atoms with Crippen LogP contribution in [-0.4, -0.2) is 69.5 Å². The SMILES string of the molecule is COc1cccc(-c2cc(C(F)(F)F)n3nc(C(=O)N4CCN(C(=O)c5ccco5)CC4)cc3n2)c1. The van der Waals surface area contributed by atoms with Gasteiger partial charge in [-0.2, -0.15) is 18.3 Å². The Kier molecular flexibility index (Phi) is 5.86. The fourth-order valence-corrected chi connectivity index (χ4v) is 4.04. The van der Waals surface area contributed by atoms with Gasteiger partial charge in [0.1, 0.15) is 5.75 Å². The first-order chi connectivity index (χ1) is 17.2. The number of methoxy groups -OCH3 is 1. The minimum atomic E-state index is -4.74. The number of piperazine rings is 1. The van der Waals surface area contributed by atoms with Crippen LogP contribution < -0.4 is 4.74 Å². The third kappa shape index (κ3) is 4.37. The molecule has 12 heteroatoms. The predicted molar refractivity (Wildman–Crippen MR) is 120 cm³/mol. The van der Waals surface area contributed by atoms with Gasteiger partial charge in [-0.05, 0) is 30.3 Å². The van der Waals surface area contributed by atoms with E-state index in [-0.39, 0.29) is 54.9 Å². The molecule has 5 rings (SSSR count). The summed E-state index contributed by atoms with van der Waals surface area (Å²) >= 11 is 0. The molecule has 36 heavy (non-hydrogen) atoms. The van der Waals surface area contributed by atoms with E-state index in [1.54, 1.807) is 41.3 Å². The molecule has 1 aliphatic heterocycles. The Bertz CT molecular complexity index is 1420. The van der Waals surface area contributed by atoms with Crippen molar-refractivity contribution in [1.82, 2.24) is 24.4 Å². The lowest BCUT2D eigenvalue weighted by Gasteiger charge is -2.33. The maximum Gasteiger partial charge on any atom is 0.433 e. The maximum absolute atomic E-state index is 13.9. The zero-order valence-electron chi connectivity index (χ0n) is 19.0. The summed E-state index contributed by atoms with van der Waals surface area (Å²) in [7, 11) is 1.46. The Morgan fingerprint density at radius 3 is 2.33 bits per heavy atom. The fraction of sp³-hybridized carbons (Fsp3) is 0.250. The van der Waals surface area contributed by atoms with Crippen LogP contribution in [0.15, 0.2) is 59.2 Å². The van der Waals surface area contributed by atoms with Crippen molar-refractivity contribution in [3.8, 4) is 17.0 Å². The van der Waals surface area contributed by atoms with Crippen molar-refractivity contribution in [2.24, 2.45) is 0 Å². The number of ether oxygens (including phenoxy) is 1. The summed E-state index contributed by atoms with van der Waals surface area (Å²) in [4.78, 5) is 32.8. The van der Waals surface area contributed by atoms with Crippen molar-refractivity contribution in [2.75, 3.05) is 33.3 Å². The highest BCUT2D eigenvalue weighted by Gasteiger charge is 2.36. The standard InChI is InChI=1S/C24H20F3N5O4/c1-35-16-5-2-4-15(12-16)17-13-20(24(25,26)27)32-21(28-17)14-18(29-32)22(33)30-7-9-31(10-8-30)23(34)19-6-3-11-36-19/h2-6,11-14H,7-10H2,1H3. The van der Waals surface area contributed by atoms with Gasteiger partial charge in [-0.15, -0.1) is 0 Å². The summed E-state index contributed by atoms with van der Waals surface area (Å²) in [6.07, 6.45) is -3.33. The number of furan rings is 1. The van der Waals surface area contributed by atoms with E-state index in [1.165, 1.54) is 24.3 Å². The van der Waals surface area contributed by atoms with Crippen molar-refractivity contribution in [2.45, 2.75) is 6.18 Å². The number of fused-ring (bicyclic) bond motifs is 1. The molecule has 4 aromatic rings. The molecule has 3 aromatic heterocycles. The Balaban J connectivity index is 1.42. The topological polar surface area (TPSA) is 93.2 Å². The Morgan fingerprint density at radius 2 is 1.69 bits per heavy atom. The number of rotatable bonds is 4. The molecule has 9 nitrogen and oxygen atoms in total. The van der Waals surface area contributed by atoms with Gasteiger partial charge in [0.15, 0.2) is 22.8 Å². The number of nitrogens with zero attached hydrogens (tertiary/aromatic N) is 5. The van der Waals surface area contributed by atoms with Crippen LogP contribution in [0.1, 0.15) is 26.7 Å². The first-order valence-electron chi connectivity index (χ1n) is 11.0. The van der Waals surface area contributed by atoms with Gasteiger partial charge in [-0.3, -0.25) is 9.59 Å². The average Bonchev–Trinajstić information content (AvgIpc) is 3.57. The van der Waals surface area contributed by atoms with Crippen molar-refractivity contribution >= 4 is 17.5 Å². The molecule has 4 heterocycles. The molecular weight excluding hydrogens is 479 g/mol. The average molecular weight is 499 g/mol. The minimum absolute atomic E-state index is 0.0673. The molecule has 0 unspecified atom stereocenters. The Hall–Kier alpha value is -4.35. The number of amides is 2. The molecule has 0 N–H and O–H groups in total. The largest absolute Gasteiger partial charge is 0.497 e. The maximum atomic E-state index is 13.9. The van der Waals surface area contributed by atoms with Crippen LogP contribution in [0.2, 0.25) is 0 Å². The van der Waals surface area contributed by atoms with Crippen molar-refractivity contribution in [3.05, 3.63) is 71.9 Å². The highest BCUT2D eigenvalue weighted by atomic mass is 19.4. The van der Waals surface area contributed by atoms with Crippen LogP contribution in [-0.2, 0) is 6.18 Å². The number of carbonyl (C=O) groups excluding carboxylic acids is 2. The van der Waals surface area contributed by atoms with Gasteiger partial charge in [-0.1, -0.05) is 12.1 Å². The molecule has 1 aromatic carbocycles. The smallest absolute Gasteiger partial charge is 0.433 e. The third-order valence-corrected chi connectivity index (χ3v) is 5.89. The highest BCUT2D eigenvalue weighted by Crippen LogP contribution is 2.33. The number of aromatic nitrogens is 3. The molecule has 1 fully saturated rings. The van der Waals surface area contributed by atoms with Gasteiger partial charge in [0.05, 0.1) is 19.1 Å². The second-order valence-corrected chi connectivity index (χ2v) is 8.12. The summed E-state index contributed by atoms with van der Waals surface area (Å²) in [5.74, 6) is -0.157. The van der Waals surface area contributed by atoms with E-state index in [0.29, 0.717) is 15.8 Å². The fourth-order valence-electron chi connectivity index (χ4n) is 4.04. The molecule has 1 saturated heterocycles. The van der Waals surface area contributed by atoms with Crippen LogP contribution in [0.3, 0.4) is 0 Å². The Morgan fingerprint density at radius 1 is 0.972 bits per heavy atom. The van der Waals surface area contributed by atoms with Crippen molar-refractivity contribution < 1.29 is 31.9 Å².